The third-order valence-corrected chi connectivity index (χ3v) is 3.73. The smallest absolute Gasteiger partial charge is 0.160 e. The molecule has 3 aromatic heterocycles. The zero-order valence-electron chi connectivity index (χ0n) is 12.2. The van der Waals surface area contributed by atoms with Crippen molar-refractivity contribution in [3.8, 4) is 0 Å². The number of fused-ring (bicyclic) bond motifs is 1. The fourth-order valence-electron chi connectivity index (χ4n) is 2.62. The Bertz CT molecular complexity index is 732. The summed E-state index contributed by atoms with van der Waals surface area (Å²) in [4.78, 5) is 13.4. The molecule has 3 rings (SSSR count). The van der Waals surface area contributed by atoms with E-state index in [0.717, 1.165) is 35.6 Å². The van der Waals surface area contributed by atoms with Crippen molar-refractivity contribution in [1.29, 1.82) is 0 Å². The summed E-state index contributed by atoms with van der Waals surface area (Å²) >= 11 is 5.93. The Morgan fingerprint density at radius 1 is 1.29 bits per heavy atom. The molecule has 0 aliphatic rings. The van der Waals surface area contributed by atoms with Crippen LogP contribution in [0, 0.1) is 6.92 Å². The van der Waals surface area contributed by atoms with Crippen molar-refractivity contribution in [3.63, 3.8) is 0 Å². The van der Waals surface area contributed by atoms with Crippen LogP contribution in [0.5, 0.6) is 0 Å². The molecule has 0 saturated carbocycles. The number of halogens is 1. The zero-order valence-corrected chi connectivity index (χ0v) is 13.0. The van der Waals surface area contributed by atoms with E-state index in [1.165, 1.54) is 0 Å². The predicted octanol–water partition coefficient (Wildman–Crippen LogP) is 2.98. The molecule has 0 radical (unpaired) electrons. The highest BCUT2D eigenvalue weighted by Gasteiger charge is 2.17. The number of imidazole rings is 2. The van der Waals surface area contributed by atoms with Crippen LogP contribution >= 0.6 is 11.6 Å². The van der Waals surface area contributed by atoms with Crippen molar-refractivity contribution in [1.82, 2.24) is 24.1 Å². The van der Waals surface area contributed by atoms with Gasteiger partial charge in [-0.25, -0.2) is 15.0 Å². The third kappa shape index (κ3) is 2.78. The topological polar surface area (TPSA) is 48.5 Å². The number of aryl methyl sites for hydroxylation is 2. The highest BCUT2D eigenvalue weighted by molar-refractivity contribution is 6.17. The van der Waals surface area contributed by atoms with Crippen LogP contribution in [0.3, 0.4) is 0 Å². The molecule has 0 bridgehead atoms. The Kier molecular flexibility index (Phi) is 3.92. The van der Waals surface area contributed by atoms with Gasteiger partial charge in [-0.1, -0.05) is 0 Å². The summed E-state index contributed by atoms with van der Waals surface area (Å²) in [6, 6.07) is 4.25. The molecule has 5 nitrogen and oxygen atoms in total. The van der Waals surface area contributed by atoms with Crippen LogP contribution in [0.15, 0.2) is 30.9 Å². The van der Waals surface area contributed by atoms with Crippen molar-refractivity contribution < 1.29 is 0 Å². The lowest BCUT2D eigenvalue weighted by Gasteiger charge is -2.17. The Morgan fingerprint density at radius 3 is 2.86 bits per heavy atom. The maximum atomic E-state index is 5.93. The SMILES string of the molecule is Cc1ccc2nc(CCCl)n(C(C)Cn3ccnc3)c2n1. The van der Waals surface area contributed by atoms with Crippen LogP contribution in [0.4, 0.5) is 0 Å². The minimum absolute atomic E-state index is 0.233. The van der Waals surface area contributed by atoms with Crippen molar-refractivity contribution in [2.24, 2.45) is 0 Å². The minimum atomic E-state index is 0.233. The van der Waals surface area contributed by atoms with E-state index in [-0.39, 0.29) is 6.04 Å². The van der Waals surface area contributed by atoms with E-state index in [9.17, 15) is 0 Å². The summed E-state index contributed by atoms with van der Waals surface area (Å²) in [5.74, 6) is 1.55. The molecular formula is C15H18ClN5. The summed E-state index contributed by atoms with van der Waals surface area (Å²) in [6.45, 7) is 5.00. The molecule has 110 valence electrons. The van der Waals surface area contributed by atoms with E-state index in [4.69, 9.17) is 11.6 Å². The van der Waals surface area contributed by atoms with Crippen LogP contribution in [0.25, 0.3) is 11.2 Å². The first kappa shape index (κ1) is 14.1. The van der Waals surface area contributed by atoms with Gasteiger partial charge in [0.05, 0.1) is 12.4 Å². The van der Waals surface area contributed by atoms with Gasteiger partial charge in [-0.3, -0.25) is 0 Å². The summed E-state index contributed by atoms with van der Waals surface area (Å²) in [7, 11) is 0. The highest BCUT2D eigenvalue weighted by atomic mass is 35.5. The third-order valence-electron chi connectivity index (χ3n) is 3.54. The maximum Gasteiger partial charge on any atom is 0.160 e. The number of aromatic nitrogens is 5. The van der Waals surface area contributed by atoms with Crippen molar-refractivity contribution in [2.45, 2.75) is 32.9 Å². The van der Waals surface area contributed by atoms with Crippen molar-refractivity contribution in [3.05, 3.63) is 42.4 Å². The van der Waals surface area contributed by atoms with E-state index in [0.29, 0.717) is 5.88 Å². The molecule has 0 saturated heterocycles. The Balaban J connectivity index is 2.05. The summed E-state index contributed by atoms with van der Waals surface area (Å²) in [6.07, 6.45) is 6.33. The van der Waals surface area contributed by atoms with E-state index < -0.39 is 0 Å². The molecule has 6 heteroatoms. The Hall–Kier alpha value is -1.88. The van der Waals surface area contributed by atoms with E-state index in [2.05, 4.69) is 31.0 Å². The van der Waals surface area contributed by atoms with E-state index >= 15 is 0 Å². The Labute approximate surface area is 128 Å². The van der Waals surface area contributed by atoms with Gasteiger partial charge in [0, 0.05) is 36.9 Å². The average molecular weight is 304 g/mol. The second kappa shape index (κ2) is 5.85. The summed E-state index contributed by atoms with van der Waals surface area (Å²) < 4.78 is 4.27. The number of nitrogens with zero attached hydrogens (tertiary/aromatic N) is 5. The Morgan fingerprint density at radius 2 is 2.14 bits per heavy atom. The molecule has 0 amide bonds. The number of rotatable bonds is 5. The summed E-state index contributed by atoms with van der Waals surface area (Å²) in [5.41, 5.74) is 2.86. The molecule has 3 aromatic rings. The monoisotopic (exact) mass is 303 g/mol. The van der Waals surface area contributed by atoms with Crippen LogP contribution in [0.2, 0.25) is 0 Å². The van der Waals surface area contributed by atoms with Gasteiger partial charge in [0.2, 0.25) is 0 Å². The van der Waals surface area contributed by atoms with Crippen molar-refractivity contribution in [2.75, 3.05) is 5.88 Å². The lowest BCUT2D eigenvalue weighted by Crippen LogP contribution is -2.15. The fourth-order valence-corrected chi connectivity index (χ4v) is 2.79. The number of hydrogen-bond acceptors (Lipinski definition) is 3. The lowest BCUT2D eigenvalue weighted by atomic mass is 10.3. The van der Waals surface area contributed by atoms with E-state index in [1.54, 1.807) is 6.20 Å². The molecule has 0 spiro atoms. The molecule has 0 fully saturated rings. The quantitative estimate of drug-likeness (QED) is 0.681. The molecule has 3 heterocycles. The second-order valence-corrected chi connectivity index (χ2v) is 5.62. The van der Waals surface area contributed by atoms with Crippen LogP contribution in [-0.4, -0.2) is 30.0 Å². The van der Waals surface area contributed by atoms with Gasteiger partial charge in [0.1, 0.15) is 11.3 Å². The first-order chi connectivity index (χ1) is 10.2. The average Bonchev–Trinajstić information content (AvgIpc) is 3.06. The first-order valence-electron chi connectivity index (χ1n) is 7.05. The van der Waals surface area contributed by atoms with Crippen LogP contribution in [0.1, 0.15) is 24.5 Å². The van der Waals surface area contributed by atoms with Gasteiger partial charge in [-0.05, 0) is 26.0 Å². The number of hydrogen-bond donors (Lipinski definition) is 0. The van der Waals surface area contributed by atoms with Gasteiger partial charge < -0.3 is 9.13 Å². The van der Waals surface area contributed by atoms with Gasteiger partial charge in [-0.2, -0.15) is 0 Å². The van der Waals surface area contributed by atoms with Gasteiger partial charge >= 0.3 is 0 Å². The number of alkyl halides is 1. The van der Waals surface area contributed by atoms with Crippen molar-refractivity contribution >= 4 is 22.8 Å². The zero-order chi connectivity index (χ0) is 14.8. The standard InChI is InChI=1S/C15H18ClN5/c1-11-3-4-13-15(18-11)21(14(19-13)5-6-16)12(2)9-20-8-7-17-10-20/h3-4,7-8,10,12H,5-6,9H2,1-2H3. The maximum absolute atomic E-state index is 5.93. The second-order valence-electron chi connectivity index (χ2n) is 5.24. The van der Waals surface area contributed by atoms with Crippen LogP contribution in [-0.2, 0) is 13.0 Å². The molecule has 0 aliphatic carbocycles. The molecule has 1 unspecified atom stereocenters. The normalized spacial score (nSPS) is 12.9. The van der Waals surface area contributed by atoms with Crippen LogP contribution < -0.4 is 0 Å². The largest absolute Gasteiger partial charge is 0.335 e. The first-order valence-corrected chi connectivity index (χ1v) is 7.58. The molecule has 1 atom stereocenters. The number of pyridine rings is 1. The minimum Gasteiger partial charge on any atom is -0.335 e. The van der Waals surface area contributed by atoms with Gasteiger partial charge in [0.15, 0.2) is 5.65 Å². The lowest BCUT2D eigenvalue weighted by molar-refractivity contribution is 0.459. The van der Waals surface area contributed by atoms with Gasteiger partial charge in [-0.15, -0.1) is 11.6 Å². The molecule has 0 N–H and O–H groups in total. The van der Waals surface area contributed by atoms with E-state index in [1.807, 2.05) is 31.6 Å². The molecule has 0 aromatic carbocycles. The predicted molar refractivity (Wildman–Crippen MR) is 83.6 cm³/mol. The highest BCUT2D eigenvalue weighted by Crippen LogP contribution is 2.22. The molecule has 21 heavy (non-hydrogen) atoms. The van der Waals surface area contributed by atoms with Gasteiger partial charge in [0.25, 0.3) is 0 Å². The fraction of sp³-hybridized carbons (Fsp3) is 0.400. The molecular weight excluding hydrogens is 286 g/mol. The summed E-state index contributed by atoms with van der Waals surface area (Å²) in [5, 5.41) is 0. The molecule has 0 aliphatic heterocycles.